The Morgan fingerprint density at radius 2 is 1.65 bits per heavy atom. The number of nitrogens with zero attached hydrogens (tertiary/aromatic N) is 4. The molecule has 12 heteroatoms. The van der Waals surface area contributed by atoms with Gasteiger partial charge in [-0.3, -0.25) is 9.89 Å². The van der Waals surface area contributed by atoms with E-state index in [1.165, 1.54) is 22.3 Å². The van der Waals surface area contributed by atoms with E-state index in [1.807, 2.05) is 25.1 Å². The number of aromatic nitrogens is 3. The summed E-state index contributed by atoms with van der Waals surface area (Å²) in [5, 5.41) is 6.41. The zero-order valence-electron chi connectivity index (χ0n) is 33.2. The number of carbonyl (C=O) groups is 3. The molecule has 2 unspecified atom stereocenters. The molecule has 0 bridgehead atoms. The Morgan fingerprint density at radius 3 is 2.26 bits per heavy atom. The van der Waals surface area contributed by atoms with Crippen LogP contribution in [0.4, 0.5) is 16.2 Å². The molecular weight excluding hydrogens is 684 g/mol. The molecule has 0 spiro atoms. The summed E-state index contributed by atoms with van der Waals surface area (Å²) >= 11 is 0. The number of rotatable bonds is 16. The maximum atomic E-state index is 14.1. The second-order valence-corrected chi connectivity index (χ2v) is 15.7. The van der Waals surface area contributed by atoms with Crippen molar-refractivity contribution in [1.82, 2.24) is 19.5 Å². The second kappa shape index (κ2) is 19.3. The van der Waals surface area contributed by atoms with E-state index in [2.05, 4.69) is 49.9 Å². The smallest absolute Gasteiger partial charge is 0.415 e. The van der Waals surface area contributed by atoms with Crippen molar-refractivity contribution in [2.75, 3.05) is 31.6 Å². The maximum absolute atomic E-state index is 14.1. The summed E-state index contributed by atoms with van der Waals surface area (Å²) in [6.45, 7) is 22.3. The van der Waals surface area contributed by atoms with Gasteiger partial charge in [-0.15, -0.1) is 0 Å². The number of fused-ring (bicyclic) bond motifs is 1. The first-order valence-corrected chi connectivity index (χ1v) is 20.2. The third-order valence-electron chi connectivity index (χ3n) is 11.1. The summed E-state index contributed by atoms with van der Waals surface area (Å²) in [6.07, 6.45) is 11.6. The van der Waals surface area contributed by atoms with Gasteiger partial charge in [-0.1, -0.05) is 98.1 Å². The van der Waals surface area contributed by atoms with Crippen LogP contribution in [-0.4, -0.2) is 69.9 Å². The number of carbonyl (C=O) groups excluding carboxylic acids is 3. The van der Waals surface area contributed by atoms with Gasteiger partial charge in [0.2, 0.25) is 11.8 Å². The Bertz CT molecular complexity index is 1760. The minimum Gasteiger partial charge on any atom is -0.459 e. The molecule has 1 aliphatic carbocycles. The Labute approximate surface area is 320 Å². The summed E-state index contributed by atoms with van der Waals surface area (Å²) in [5.74, 6) is 0.342. The van der Waals surface area contributed by atoms with Crippen LogP contribution in [-0.2, 0) is 14.3 Å². The Morgan fingerprint density at radius 1 is 1.00 bits per heavy atom. The van der Waals surface area contributed by atoms with Crippen molar-refractivity contribution in [2.45, 2.75) is 125 Å². The lowest BCUT2D eigenvalue weighted by molar-refractivity contribution is -0.120. The van der Waals surface area contributed by atoms with Crippen LogP contribution in [0.3, 0.4) is 0 Å². The number of H-pyrrole nitrogens is 1. The number of amides is 2. The minimum atomic E-state index is -0.677. The normalized spacial score (nSPS) is 20.2. The third-order valence-corrected chi connectivity index (χ3v) is 11.1. The van der Waals surface area contributed by atoms with E-state index >= 15 is 0 Å². The number of morpholine rings is 1. The highest BCUT2D eigenvalue weighted by atomic mass is 16.6. The highest BCUT2D eigenvalue weighted by Gasteiger charge is 2.38. The van der Waals surface area contributed by atoms with Crippen LogP contribution in [0, 0.1) is 37.2 Å². The highest BCUT2D eigenvalue weighted by molar-refractivity contribution is 6.05. The lowest BCUT2D eigenvalue weighted by Crippen LogP contribution is -2.42. The van der Waals surface area contributed by atoms with Crippen molar-refractivity contribution in [2.24, 2.45) is 23.7 Å². The highest BCUT2D eigenvalue weighted by Crippen LogP contribution is 2.41. The predicted molar refractivity (Wildman–Crippen MR) is 210 cm³/mol. The average molecular weight is 745 g/mol. The van der Waals surface area contributed by atoms with Crippen LogP contribution in [0.15, 0.2) is 18.2 Å². The Balaban J connectivity index is 1.47. The van der Waals surface area contributed by atoms with Crippen molar-refractivity contribution in [3.05, 3.63) is 40.7 Å². The van der Waals surface area contributed by atoms with Gasteiger partial charge in [-0.25, -0.2) is 23.9 Å². The number of aromatic amines is 1. The standard InChI is InChI=1S/C42H60N6O6/c1-8-10-12-14-16-31(17-15-13-11-9-2)39(49)44-33-26-32(19-18-28(33)4)37-45-38-34(41(50)53-36-29(5)24-27(3)25-30(36)6)35(43-7)40(48(38)46-37)54-42(51)47-20-22-52-23-21-47/h18-19,26-27,29-31,36H,8-17,20-25H2,1-6H3,(H,44,49)(H,45,46). The number of anilines is 1. The number of hydrogen-bond acceptors (Lipinski definition) is 7. The molecule has 1 saturated heterocycles. The van der Waals surface area contributed by atoms with E-state index in [9.17, 15) is 14.4 Å². The van der Waals surface area contributed by atoms with E-state index in [0.717, 1.165) is 69.8 Å². The maximum Gasteiger partial charge on any atom is 0.415 e. The Kier molecular flexibility index (Phi) is 14.6. The summed E-state index contributed by atoms with van der Waals surface area (Å²) in [7, 11) is 0. The molecule has 3 heterocycles. The number of ether oxygens (including phenoxy) is 3. The molecule has 2 N–H and O–H groups in total. The molecule has 2 aliphatic rings. The van der Waals surface area contributed by atoms with Crippen molar-refractivity contribution in [1.29, 1.82) is 0 Å². The molecule has 3 aromatic rings. The van der Waals surface area contributed by atoms with Crippen molar-refractivity contribution < 1.29 is 28.6 Å². The monoisotopic (exact) mass is 744 g/mol. The van der Waals surface area contributed by atoms with Crippen LogP contribution in [0.5, 0.6) is 5.88 Å². The molecule has 12 nitrogen and oxygen atoms in total. The fourth-order valence-electron chi connectivity index (χ4n) is 8.17. The molecule has 1 aliphatic heterocycles. The lowest BCUT2D eigenvalue weighted by atomic mass is 9.75. The molecule has 1 aromatic carbocycles. The number of nitrogens with one attached hydrogen (secondary N) is 2. The van der Waals surface area contributed by atoms with E-state index in [-0.39, 0.29) is 52.5 Å². The van der Waals surface area contributed by atoms with Crippen molar-refractivity contribution in [3.63, 3.8) is 0 Å². The molecule has 2 amide bonds. The molecule has 5 rings (SSSR count). The SMILES string of the molecule is [C-]#[N+]c1c(C(=O)OC2C(C)CC(C)CC2C)c2nc(-c3ccc(C)c(NC(=O)C(CCCCCC)CCCCCC)c3)[nH]n2c1OC(=O)N1CCOCC1. The first-order chi connectivity index (χ1) is 26.1. The van der Waals surface area contributed by atoms with Gasteiger partial charge in [-0.2, -0.15) is 0 Å². The van der Waals surface area contributed by atoms with Gasteiger partial charge in [0.25, 0.3) is 5.69 Å². The molecule has 1 saturated carbocycles. The zero-order valence-corrected chi connectivity index (χ0v) is 33.2. The van der Waals surface area contributed by atoms with Gasteiger partial charge in [0.1, 0.15) is 11.7 Å². The first kappa shape index (κ1) is 40.8. The number of esters is 1. The summed E-state index contributed by atoms with van der Waals surface area (Å²) in [5.41, 5.74) is 2.17. The van der Waals surface area contributed by atoms with E-state index in [4.69, 9.17) is 25.8 Å². The van der Waals surface area contributed by atoms with Crippen LogP contribution in [0.2, 0.25) is 0 Å². The molecular formula is C42H60N6O6. The zero-order chi connectivity index (χ0) is 38.8. The van der Waals surface area contributed by atoms with Gasteiger partial charge in [-0.05, 0) is 62.0 Å². The summed E-state index contributed by atoms with van der Waals surface area (Å²) < 4.78 is 18.8. The summed E-state index contributed by atoms with van der Waals surface area (Å²) in [4.78, 5) is 51.2. The van der Waals surface area contributed by atoms with Crippen molar-refractivity contribution in [3.8, 4) is 17.3 Å². The molecule has 54 heavy (non-hydrogen) atoms. The third kappa shape index (κ3) is 9.83. The first-order valence-electron chi connectivity index (χ1n) is 20.2. The van der Waals surface area contributed by atoms with Crippen molar-refractivity contribution >= 4 is 35.0 Å². The molecule has 2 fully saturated rings. The van der Waals surface area contributed by atoms with E-state index in [1.54, 1.807) is 0 Å². The van der Waals surface area contributed by atoms with E-state index < -0.39 is 12.1 Å². The fourth-order valence-corrected chi connectivity index (χ4v) is 8.17. The average Bonchev–Trinajstić information content (AvgIpc) is 3.71. The minimum absolute atomic E-state index is 0.0282. The second-order valence-electron chi connectivity index (χ2n) is 15.7. The fraction of sp³-hybridized carbons (Fsp3) is 0.643. The van der Waals surface area contributed by atoms with Crippen LogP contribution in [0.25, 0.3) is 21.9 Å². The largest absolute Gasteiger partial charge is 0.459 e. The molecule has 2 atom stereocenters. The van der Waals surface area contributed by atoms with Gasteiger partial charge >= 0.3 is 12.1 Å². The number of benzene rings is 1. The van der Waals surface area contributed by atoms with Gasteiger partial charge < -0.3 is 24.4 Å². The molecule has 0 radical (unpaired) electrons. The molecule has 2 aromatic heterocycles. The van der Waals surface area contributed by atoms with Gasteiger partial charge in [0.15, 0.2) is 11.5 Å². The van der Waals surface area contributed by atoms with E-state index in [0.29, 0.717) is 49.3 Å². The number of hydrogen-bond donors (Lipinski definition) is 2. The van der Waals surface area contributed by atoms with Crippen LogP contribution in [0.1, 0.15) is 128 Å². The topological polar surface area (TPSA) is 132 Å². The number of unbranched alkanes of at least 4 members (excludes halogenated alkanes) is 6. The van der Waals surface area contributed by atoms with Crippen LogP contribution < -0.4 is 10.1 Å². The Hall–Kier alpha value is -4.37. The lowest BCUT2D eigenvalue weighted by Gasteiger charge is -2.37. The summed E-state index contributed by atoms with van der Waals surface area (Å²) in [6, 6.07) is 5.68. The predicted octanol–water partition coefficient (Wildman–Crippen LogP) is 9.74. The molecule has 294 valence electrons. The quantitative estimate of drug-likeness (QED) is 0.0848. The van der Waals surface area contributed by atoms with Gasteiger partial charge in [0, 0.05) is 30.3 Å². The van der Waals surface area contributed by atoms with Gasteiger partial charge in [0.05, 0.1) is 19.8 Å². The van der Waals surface area contributed by atoms with Crippen LogP contribution >= 0.6 is 0 Å². The number of aryl methyl sites for hydroxylation is 1.